The van der Waals surface area contributed by atoms with E-state index >= 15 is 0 Å². The zero-order valence-electron chi connectivity index (χ0n) is 17.1. The smallest absolute Gasteiger partial charge is 0.257 e. The highest BCUT2D eigenvalue weighted by Crippen LogP contribution is 2.23. The van der Waals surface area contributed by atoms with Crippen molar-refractivity contribution in [2.24, 2.45) is 0 Å². The molecule has 0 unspecified atom stereocenters. The highest BCUT2D eigenvalue weighted by Gasteiger charge is 2.15. The van der Waals surface area contributed by atoms with E-state index in [1.165, 1.54) is 24.0 Å². The standard InChI is InChI=1S/C24H22N4O2/c1-24(2,3)19-8-10-20(11-9-19)27-22(29)17-12-18(15-26-14-17)23(30)28-21-7-5-4-6-16(21)13-25/h4-12,14-15H,1-3H3,(H,27,29)(H,28,30). The summed E-state index contributed by atoms with van der Waals surface area (Å²) in [6.45, 7) is 6.37. The van der Waals surface area contributed by atoms with Crippen LogP contribution in [0.2, 0.25) is 0 Å². The first kappa shape index (κ1) is 20.7. The van der Waals surface area contributed by atoms with E-state index in [1.807, 2.05) is 30.3 Å². The van der Waals surface area contributed by atoms with Gasteiger partial charge in [0.2, 0.25) is 0 Å². The molecule has 0 aliphatic carbocycles. The molecule has 0 saturated heterocycles. The fourth-order valence-corrected chi connectivity index (χ4v) is 2.83. The second-order valence-electron chi connectivity index (χ2n) is 7.86. The first-order valence-corrected chi connectivity index (χ1v) is 9.45. The van der Waals surface area contributed by atoms with Crippen molar-refractivity contribution >= 4 is 23.2 Å². The maximum absolute atomic E-state index is 12.6. The van der Waals surface area contributed by atoms with E-state index in [2.05, 4.69) is 36.4 Å². The van der Waals surface area contributed by atoms with Crippen LogP contribution in [0.5, 0.6) is 0 Å². The molecule has 6 heteroatoms. The fraction of sp³-hybridized carbons (Fsp3) is 0.167. The number of carbonyl (C=O) groups is 2. The van der Waals surface area contributed by atoms with Gasteiger partial charge < -0.3 is 10.6 Å². The second kappa shape index (κ2) is 8.58. The lowest BCUT2D eigenvalue weighted by atomic mass is 9.87. The molecule has 1 heterocycles. The Morgan fingerprint density at radius 1 is 0.900 bits per heavy atom. The number of anilines is 2. The first-order valence-electron chi connectivity index (χ1n) is 9.45. The molecule has 2 N–H and O–H groups in total. The van der Waals surface area contributed by atoms with Crippen molar-refractivity contribution in [3.05, 3.63) is 89.2 Å². The summed E-state index contributed by atoms with van der Waals surface area (Å²) in [5.41, 5.74) is 3.09. The molecule has 3 rings (SSSR count). The summed E-state index contributed by atoms with van der Waals surface area (Å²) in [6.07, 6.45) is 2.78. The van der Waals surface area contributed by atoms with Gasteiger partial charge >= 0.3 is 0 Å². The number of nitrogens with one attached hydrogen (secondary N) is 2. The Kier molecular flexibility index (Phi) is 5.93. The molecule has 0 atom stereocenters. The van der Waals surface area contributed by atoms with Crippen molar-refractivity contribution in [2.75, 3.05) is 10.6 Å². The molecule has 30 heavy (non-hydrogen) atoms. The topological polar surface area (TPSA) is 94.9 Å². The Morgan fingerprint density at radius 3 is 2.10 bits per heavy atom. The molecule has 6 nitrogen and oxygen atoms in total. The van der Waals surface area contributed by atoms with Crippen molar-refractivity contribution in [3.8, 4) is 6.07 Å². The maximum atomic E-state index is 12.6. The summed E-state index contributed by atoms with van der Waals surface area (Å²) in [4.78, 5) is 29.2. The monoisotopic (exact) mass is 398 g/mol. The van der Waals surface area contributed by atoms with Gasteiger partial charge in [-0.2, -0.15) is 5.26 Å². The number of aromatic nitrogens is 1. The molecule has 2 aromatic carbocycles. The number of nitrogens with zero attached hydrogens (tertiary/aromatic N) is 2. The van der Waals surface area contributed by atoms with Crippen LogP contribution in [0.1, 0.15) is 52.6 Å². The van der Waals surface area contributed by atoms with Gasteiger partial charge in [0.05, 0.1) is 22.4 Å². The third kappa shape index (κ3) is 4.89. The van der Waals surface area contributed by atoms with Crippen LogP contribution in [-0.4, -0.2) is 16.8 Å². The van der Waals surface area contributed by atoms with Gasteiger partial charge in [0.25, 0.3) is 11.8 Å². The Bertz CT molecular complexity index is 1120. The number of benzene rings is 2. The second-order valence-corrected chi connectivity index (χ2v) is 7.86. The Morgan fingerprint density at radius 2 is 1.50 bits per heavy atom. The molecule has 0 fully saturated rings. The normalized spacial score (nSPS) is 10.7. The molecule has 0 saturated carbocycles. The lowest BCUT2D eigenvalue weighted by Crippen LogP contribution is -2.17. The largest absolute Gasteiger partial charge is 0.322 e. The van der Waals surface area contributed by atoms with E-state index in [9.17, 15) is 9.59 Å². The van der Waals surface area contributed by atoms with Crippen molar-refractivity contribution < 1.29 is 9.59 Å². The summed E-state index contributed by atoms with van der Waals surface area (Å²) in [7, 11) is 0. The molecule has 0 radical (unpaired) electrons. The fourth-order valence-electron chi connectivity index (χ4n) is 2.83. The van der Waals surface area contributed by atoms with E-state index in [4.69, 9.17) is 5.26 Å². The van der Waals surface area contributed by atoms with Crippen molar-refractivity contribution in [1.82, 2.24) is 4.98 Å². The average Bonchev–Trinajstić information content (AvgIpc) is 2.74. The summed E-state index contributed by atoms with van der Waals surface area (Å²) in [5.74, 6) is -0.813. The number of para-hydroxylation sites is 1. The minimum atomic E-state index is -0.450. The van der Waals surface area contributed by atoms with Crippen molar-refractivity contribution in [3.63, 3.8) is 0 Å². The van der Waals surface area contributed by atoms with Crippen LogP contribution in [0.4, 0.5) is 11.4 Å². The summed E-state index contributed by atoms with van der Waals surface area (Å²) in [5, 5.41) is 14.7. The van der Waals surface area contributed by atoms with Gasteiger partial charge in [0.15, 0.2) is 0 Å². The molecule has 0 aliphatic heterocycles. The van der Waals surface area contributed by atoms with Gasteiger partial charge in [0, 0.05) is 18.1 Å². The number of nitriles is 1. The van der Waals surface area contributed by atoms with E-state index < -0.39 is 5.91 Å². The SMILES string of the molecule is CC(C)(C)c1ccc(NC(=O)c2cncc(C(=O)Nc3ccccc3C#N)c2)cc1. The van der Waals surface area contributed by atoms with Crippen molar-refractivity contribution in [2.45, 2.75) is 26.2 Å². The van der Waals surface area contributed by atoms with Gasteiger partial charge in [0.1, 0.15) is 6.07 Å². The van der Waals surface area contributed by atoms with Crippen LogP contribution in [0.3, 0.4) is 0 Å². The van der Waals surface area contributed by atoms with Crippen LogP contribution in [0.15, 0.2) is 67.0 Å². The minimum absolute atomic E-state index is 0.0261. The third-order valence-corrected chi connectivity index (χ3v) is 4.57. The lowest BCUT2D eigenvalue weighted by molar-refractivity contribution is 0.102. The molecule has 0 bridgehead atoms. The third-order valence-electron chi connectivity index (χ3n) is 4.57. The molecule has 0 spiro atoms. The number of carbonyl (C=O) groups excluding carboxylic acids is 2. The van der Waals surface area contributed by atoms with E-state index in [0.717, 1.165) is 0 Å². The lowest BCUT2D eigenvalue weighted by Gasteiger charge is -2.19. The van der Waals surface area contributed by atoms with Gasteiger partial charge in [-0.05, 0) is 41.3 Å². The summed E-state index contributed by atoms with van der Waals surface area (Å²) in [6, 6.07) is 17.8. The molecule has 1 aromatic heterocycles. The molecular weight excluding hydrogens is 376 g/mol. The highest BCUT2D eigenvalue weighted by atomic mass is 16.2. The number of amides is 2. The van der Waals surface area contributed by atoms with Crippen LogP contribution >= 0.6 is 0 Å². The first-order chi connectivity index (χ1) is 14.3. The predicted molar refractivity (Wildman–Crippen MR) is 116 cm³/mol. The zero-order chi connectivity index (χ0) is 21.7. The number of pyridine rings is 1. The van der Waals surface area contributed by atoms with Gasteiger partial charge in [-0.25, -0.2) is 0 Å². The Labute approximate surface area is 175 Å². The summed E-state index contributed by atoms with van der Waals surface area (Å²) < 4.78 is 0. The Hall–Kier alpha value is -3.98. The minimum Gasteiger partial charge on any atom is -0.322 e. The van der Waals surface area contributed by atoms with Gasteiger partial charge in [-0.15, -0.1) is 0 Å². The zero-order valence-corrected chi connectivity index (χ0v) is 17.1. The van der Waals surface area contributed by atoms with E-state index in [0.29, 0.717) is 16.9 Å². The van der Waals surface area contributed by atoms with E-state index in [1.54, 1.807) is 24.3 Å². The number of hydrogen-bond donors (Lipinski definition) is 2. The molecule has 0 aliphatic rings. The van der Waals surface area contributed by atoms with Crippen molar-refractivity contribution in [1.29, 1.82) is 5.26 Å². The van der Waals surface area contributed by atoms with Crippen LogP contribution in [0, 0.1) is 11.3 Å². The molecule has 3 aromatic rings. The highest BCUT2D eigenvalue weighted by molar-refractivity contribution is 6.08. The average molecular weight is 398 g/mol. The number of hydrogen-bond acceptors (Lipinski definition) is 4. The number of rotatable bonds is 4. The molecule has 150 valence electrons. The molecule has 2 amide bonds. The van der Waals surface area contributed by atoms with Gasteiger partial charge in [-0.1, -0.05) is 45.0 Å². The van der Waals surface area contributed by atoms with Crippen LogP contribution < -0.4 is 10.6 Å². The quantitative estimate of drug-likeness (QED) is 0.663. The Balaban J connectivity index is 1.74. The molecular formula is C24H22N4O2. The maximum Gasteiger partial charge on any atom is 0.257 e. The van der Waals surface area contributed by atoms with Crippen LogP contribution in [-0.2, 0) is 5.41 Å². The van der Waals surface area contributed by atoms with E-state index in [-0.39, 0.29) is 22.4 Å². The summed E-state index contributed by atoms with van der Waals surface area (Å²) >= 11 is 0. The van der Waals surface area contributed by atoms with Crippen LogP contribution in [0.25, 0.3) is 0 Å². The predicted octanol–water partition coefficient (Wildman–Crippen LogP) is 4.76. The van der Waals surface area contributed by atoms with Gasteiger partial charge in [-0.3, -0.25) is 14.6 Å².